The minimum Gasteiger partial charge on any atom is -0.449 e. The van der Waals surface area contributed by atoms with Crippen molar-refractivity contribution in [3.05, 3.63) is 77.5 Å². The van der Waals surface area contributed by atoms with Crippen molar-refractivity contribution in [3.8, 4) is 11.1 Å². The molecule has 0 saturated heterocycles. The zero-order chi connectivity index (χ0) is 18.6. The molecule has 0 aliphatic heterocycles. The normalized spacial score (nSPS) is 12.7. The number of carbonyl (C=O) groups excluding carboxylic acids is 1. The van der Waals surface area contributed by atoms with Gasteiger partial charge in [-0.05, 0) is 28.3 Å². The lowest BCUT2D eigenvalue weighted by Crippen LogP contribution is -2.26. The number of nitrogen functional groups attached to an aromatic ring is 1. The molecule has 0 saturated carbocycles. The molecule has 2 aromatic carbocycles. The van der Waals surface area contributed by atoms with Crippen molar-refractivity contribution in [1.29, 1.82) is 0 Å². The maximum Gasteiger partial charge on any atom is 0.407 e. The second-order valence-electron chi connectivity index (χ2n) is 6.36. The second kappa shape index (κ2) is 7.37. The summed E-state index contributed by atoms with van der Waals surface area (Å²) in [4.78, 5) is 12.0. The Balaban J connectivity index is 1.34. The standard InChI is InChI=1S/C21H20N4O2/c22-20-12-14(24-25-20)6-5-11-23-21(26)27-13-19-17-9-3-1-7-15(17)16-8-2-4-10-18(16)19/h1-10,12,19H,11,13H2,(H,23,26)(H3,22,24,25). The number of nitrogens with two attached hydrogens (primary N) is 1. The first-order valence-electron chi connectivity index (χ1n) is 8.78. The molecule has 1 aliphatic rings. The fourth-order valence-electron chi connectivity index (χ4n) is 3.42. The van der Waals surface area contributed by atoms with Gasteiger partial charge in [0.25, 0.3) is 0 Å². The Morgan fingerprint density at radius 1 is 1.15 bits per heavy atom. The molecule has 0 bridgehead atoms. The molecule has 4 N–H and O–H groups in total. The average Bonchev–Trinajstić information content (AvgIpc) is 3.25. The first-order valence-corrected chi connectivity index (χ1v) is 8.78. The van der Waals surface area contributed by atoms with Crippen molar-refractivity contribution in [1.82, 2.24) is 15.5 Å². The third-order valence-electron chi connectivity index (χ3n) is 4.62. The number of benzene rings is 2. The molecule has 1 amide bonds. The fourth-order valence-corrected chi connectivity index (χ4v) is 3.42. The van der Waals surface area contributed by atoms with E-state index in [0.717, 1.165) is 5.69 Å². The zero-order valence-corrected chi connectivity index (χ0v) is 14.7. The summed E-state index contributed by atoms with van der Waals surface area (Å²) >= 11 is 0. The van der Waals surface area contributed by atoms with Crippen molar-refractivity contribution >= 4 is 18.0 Å². The molecule has 3 aromatic rings. The van der Waals surface area contributed by atoms with E-state index in [9.17, 15) is 4.79 Å². The monoisotopic (exact) mass is 360 g/mol. The molecule has 0 unspecified atom stereocenters. The summed E-state index contributed by atoms with van der Waals surface area (Å²) in [6, 6.07) is 18.2. The Labute approximate surface area is 157 Å². The minimum absolute atomic E-state index is 0.0617. The maximum absolute atomic E-state index is 12.0. The number of fused-ring (bicyclic) bond motifs is 3. The van der Waals surface area contributed by atoms with E-state index in [0.29, 0.717) is 19.0 Å². The van der Waals surface area contributed by atoms with E-state index in [2.05, 4.69) is 39.8 Å². The summed E-state index contributed by atoms with van der Waals surface area (Å²) in [7, 11) is 0. The first-order chi connectivity index (χ1) is 13.2. The average molecular weight is 360 g/mol. The van der Waals surface area contributed by atoms with Crippen LogP contribution in [0.5, 0.6) is 0 Å². The SMILES string of the molecule is Nc1cc(C=CCNC(=O)OCC2c3ccccc3-c3ccccc32)[nH]n1. The molecule has 1 heterocycles. The van der Waals surface area contributed by atoms with Gasteiger partial charge in [-0.25, -0.2) is 4.79 Å². The number of nitrogens with one attached hydrogen (secondary N) is 2. The van der Waals surface area contributed by atoms with Crippen LogP contribution < -0.4 is 11.1 Å². The number of nitrogens with zero attached hydrogens (tertiary/aromatic N) is 1. The van der Waals surface area contributed by atoms with Gasteiger partial charge >= 0.3 is 6.09 Å². The van der Waals surface area contributed by atoms with Crippen LogP contribution in [0.4, 0.5) is 10.6 Å². The summed E-state index contributed by atoms with van der Waals surface area (Å²) in [6.07, 6.45) is 3.16. The van der Waals surface area contributed by atoms with Crippen LogP contribution in [-0.2, 0) is 4.74 Å². The van der Waals surface area contributed by atoms with E-state index in [1.807, 2.05) is 24.3 Å². The Morgan fingerprint density at radius 2 is 1.81 bits per heavy atom. The lowest BCUT2D eigenvalue weighted by molar-refractivity contribution is 0.144. The van der Waals surface area contributed by atoms with Gasteiger partial charge in [-0.15, -0.1) is 0 Å². The second-order valence-corrected chi connectivity index (χ2v) is 6.36. The number of aromatic amines is 1. The summed E-state index contributed by atoms with van der Waals surface area (Å²) in [6.45, 7) is 0.663. The molecular weight excluding hydrogens is 340 g/mol. The van der Waals surface area contributed by atoms with Gasteiger partial charge in [0.1, 0.15) is 12.4 Å². The van der Waals surface area contributed by atoms with Gasteiger partial charge in [-0.3, -0.25) is 5.10 Å². The highest BCUT2D eigenvalue weighted by Gasteiger charge is 2.28. The Hall–Kier alpha value is -3.54. The highest BCUT2D eigenvalue weighted by Crippen LogP contribution is 2.44. The predicted molar refractivity (Wildman–Crippen MR) is 105 cm³/mol. The molecule has 4 rings (SSSR count). The number of hydrogen-bond acceptors (Lipinski definition) is 4. The quantitative estimate of drug-likeness (QED) is 0.649. The topological polar surface area (TPSA) is 93.0 Å². The summed E-state index contributed by atoms with van der Waals surface area (Å²) < 4.78 is 5.47. The molecule has 0 spiro atoms. The van der Waals surface area contributed by atoms with Gasteiger partial charge in [0.15, 0.2) is 0 Å². The van der Waals surface area contributed by atoms with Gasteiger partial charge < -0.3 is 15.8 Å². The number of anilines is 1. The molecule has 1 aliphatic carbocycles. The van der Waals surface area contributed by atoms with Crippen LogP contribution in [0.2, 0.25) is 0 Å². The van der Waals surface area contributed by atoms with Gasteiger partial charge in [0.2, 0.25) is 0 Å². The van der Waals surface area contributed by atoms with Crippen LogP contribution in [0.15, 0.2) is 60.7 Å². The van der Waals surface area contributed by atoms with E-state index >= 15 is 0 Å². The number of carbonyl (C=O) groups is 1. The summed E-state index contributed by atoms with van der Waals surface area (Å²) in [5, 5.41) is 9.32. The number of aromatic nitrogens is 2. The highest BCUT2D eigenvalue weighted by molar-refractivity contribution is 5.79. The van der Waals surface area contributed by atoms with Crippen LogP contribution >= 0.6 is 0 Å². The molecule has 27 heavy (non-hydrogen) atoms. The Bertz CT molecular complexity index is 948. The smallest absolute Gasteiger partial charge is 0.407 e. The fraction of sp³-hybridized carbons (Fsp3) is 0.143. The van der Waals surface area contributed by atoms with Crippen molar-refractivity contribution in [3.63, 3.8) is 0 Å². The largest absolute Gasteiger partial charge is 0.449 e. The van der Waals surface area contributed by atoms with E-state index in [1.165, 1.54) is 22.3 Å². The van der Waals surface area contributed by atoms with Crippen LogP contribution in [-0.4, -0.2) is 29.4 Å². The van der Waals surface area contributed by atoms with Gasteiger partial charge in [0, 0.05) is 18.5 Å². The van der Waals surface area contributed by atoms with Crippen LogP contribution in [0.3, 0.4) is 0 Å². The highest BCUT2D eigenvalue weighted by atomic mass is 16.5. The van der Waals surface area contributed by atoms with Gasteiger partial charge in [-0.2, -0.15) is 5.10 Å². The predicted octanol–water partition coefficient (Wildman–Crippen LogP) is 3.54. The third kappa shape index (κ3) is 3.55. The number of H-pyrrole nitrogens is 1. The molecule has 0 fully saturated rings. The third-order valence-corrected chi connectivity index (χ3v) is 4.62. The maximum atomic E-state index is 12.0. The minimum atomic E-state index is -0.439. The van der Waals surface area contributed by atoms with Crippen molar-refractivity contribution < 1.29 is 9.53 Å². The zero-order valence-electron chi connectivity index (χ0n) is 14.7. The number of amides is 1. The van der Waals surface area contributed by atoms with Crippen LogP contribution in [0, 0.1) is 0 Å². The first kappa shape index (κ1) is 16.9. The molecule has 1 aromatic heterocycles. The van der Waals surface area contributed by atoms with Crippen molar-refractivity contribution in [2.75, 3.05) is 18.9 Å². The molecule has 6 heteroatoms. The Kier molecular flexibility index (Phi) is 4.61. The van der Waals surface area contributed by atoms with Gasteiger partial charge in [0.05, 0.1) is 5.69 Å². The van der Waals surface area contributed by atoms with E-state index in [4.69, 9.17) is 10.5 Å². The molecule has 0 atom stereocenters. The number of ether oxygens (including phenoxy) is 1. The van der Waals surface area contributed by atoms with Crippen LogP contribution in [0.1, 0.15) is 22.7 Å². The van der Waals surface area contributed by atoms with Gasteiger partial charge in [-0.1, -0.05) is 54.6 Å². The number of hydrogen-bond donors (Lipinski definition) is 3. The van der Waals surface area contributed by atoms with Crippen molar-refractivity contribution in [2.24, 2.45) is 0 Å². The molecule has 6 nitrogen and oxygen atoms in total. The van der Waals surface area contributed by atoms with E-state index in [1.54, 1.807) is 18.2 Å². The molecule has 136 valence electrons. The molecular formula is C21H20N4O2. The number of rotatable bonds is 5. The van der Waals surface area contributed by atoms with Crippen LogP contribution in [0.25, 0.3) is 17.2 Å². The lowest BCUT2D eigenvalue weighted by atomic mass is 9.98. The van der Waals surface area contributed by atoms with E-state index in [-0.39, 0.29) is 5.92 Å². The van der Waals surface area contributed by atoms with Crippen molar-refractivity contribution in [2.45, 2.75) is 5.92 Å². The summed E-state index contributed by atoms with van der Waals surface area (Å²) in [5.41, 5.74) is 11.1. The Morgan fingerprint density at radius 3 is 2.44 bits per heavy atom. The number of alkyl carbamates (subject to hydrolysis) is 1. The van der Waals surface area contributed by atoms with E-state index < -0.39 is 6.09 Å². The lowest BCUT2D eigenvalue weighted by Gasteiger charge is -2.14. The summed E-state index contributed by atoms with van der Waals surface area (Å²) in [5.74, 6) is 0.491. The molecule has 0 radical (unpaired) electrons.